The molecule has 0 aliphatic rings. The van der Waals surface area contributed by atoms with Crippen molar-refractivity contribution in [2.75, 3.05) is 0 Å². The molecule has 1 heterocycles. The van der Waals surface area contributed by atoms with Crippen LogP contribution in [0.4, 0.5) is 0 Å². The molecule has 1 unspecified atom stereocenters. The van der Waals surface area contributed by atoms with Crippen LogP contribution in [0.1, 0.15) is 57.1 Å². The van der Waals surface area contributed by atoms with Gasteiger partial charge in [0, 0.05) is 29.9 Å². The summed E-state index contributed by atoms with van der Waals surface area (Å²) in [6, 6.07) is 30.6. The molecule has 4 rings (SSSR count). The molecule has 0 aliphatic carbocycles. The van der Waals surface area contributed by atoms with Crippen LogP contribution in [0.15, 0.2) is 84.9 Å². The molecule has 0 fully saturated rings. The van der Waals surface area contributed by atoms with E-state index < -0.39 is 0 Å². The Hall–Kier alpha value is -3.24. The first-order chi connectivity index (χ1) is 15.7. The van der Waals surface area contributed by atoms with E-state index in [0.29, 0.717) is 0 Å². The highest BCUT2D eigenvalue weighted by molar-refractivity contribution is 5.94. The van der Waals surface area contributed by atoms with Gasteiger partial charge in [-0.2, -0.15) is 0 Å². The van der Waals surface area contributed by atoms with Gasteiger partial charge in [0.2, 0.25) is 0 Å². The standard InChI is InChI=1S/C31H33N/c1-4-6-7-16-24-31(23-5-2,26-19-12-9-13-20-26)29-27-21-14-15-22-28(27)32(3)30(29)25-17-10-8-11-18-25/h8-15,17-22H,4-7,23H2,1-3H3. The largest absolute Gasteiger partial charge is 0.343 e. The van der Waals surface area contributed by atoms with E-state index in [-0.39, 0.29) is 5.41 Å². The Morgan fingerprint density at radius 2 is 1.44 bits per heavy atom. The average Bonchev–Trinajstić information content (AvgIpc) is 3.15. The van der Waals surface area contributed by atoms with Gasteiger partial charge in [-0.3, -0.25) is 0 Å². The average molecular weight is 420 g/mol. The summed E-state index contributed by atoms with van der Waals surface area (Å²) in [5.74, 6) is 7.46. The summed E-state index contributed by atoms with van der Waals surface area (Å²) in [6.07, 6.45) is 5.31. The second-order valence-electron chi connectivity index (χ2n) is 8.59. The van der Waals surface area contributed by atoms with E-state index in [9.17, 15) is 0 Å². The summed E-state index contributed by atoms with van der Waals surface area (Å²) in [7, 11) is 2.19. The van der Waals surface area contributed by atoms with Gasteiger partial charge in [0.15, 0.2) is 0 Å². The molecule has 1 heteroatoms. The molecule has 0 aliphatic heterocycles. The van der Waals surface area contributed by atoms with E-state index in [0.717, 1.165) is 25.7 Å². The van der Waals surface area contributed by atoms with Crippen LogP contribution in [-0.4, -0.2) is 4.57 Å². The summed E-state index contributed by atoms with van der Waals surface area (Å²) < 4.78 is 2.36. The molecule has 4 aromatic rings. The van der Waals surface area contributed by atoms with Gasteiger partial charge in [-0.1, -0.05) is 111 Å². The lowest BCUT2D eigenvalue weighted by atomic mass is 9.70. The maximum Gasteiger partial charge on any atom is 0.0838 e. The molecule has 3 aromatic carbocycles. The molecule has 0 N–H and O–H groups in total. The summed E-state index contributed by atoms with van der Waals surface area (Å²) >= 11 is 0. The Labute approximate surface area is 193 Å². The highest BCUT2D eigenvalue weighted by Crippen LogP contribution is 2.46. The van der Waals surface area contributed by atoms with Gasteiger partial charge in [-0.05, 0) is 30.0 Å². The van der Waals surface area contributed by atoms with Crippen LogP contribution in [0, 0.1) is 11.8 Å². The van der Waals surface area contributed by atoms with Gasteiger partial charge >= 0.3 is 0 Å². The molecular formula is C31H33N. The molecule has 0 saturated carbocycles. The molecule has 0 spiro atoms. The van der Waals surface area contributed by atoms with Gasteiger partial charge in [-0.25, -0.2) is 0 Å². The minimum absolute atomic E-state index is 0.351. The summed E-state index contributed by atoms with van der Waals surface area (Å²) in [5.41, 5.74) is 6.06. The number of unbranched alkanes of at least 4 members (excludes halogenated alkanes) is 2. The number of aryl methyl sites for hydroxylation is 1. The molecule has 1 atom stereocenters. The smallest absolute Gasteiger partial charge is 0.0838 e. The molecule has 0 saturated heterocycles. The third kappa shape index (κ3) is 3.98. The fraction of sp³-hybridized carbons (Fsp3) is 0.290. The predicted molar refractivity (Wildman–Crippen MR) is 138 cm³/mol. The Kier molecular flexibility index (Phi) is 6.81. The van der Waals surface area contributed by atoms with Crippen molar-refractivity contribution in [3.8, 4) is 23.1 Å². The van der Waals surface area contributed by atoms with Gasteiger partial charge in [0.25, 0.3) is 0 Å². The molecule has 0 bridgehead atoms. The third-order valence-corrected chi connectivity index (χ3v) is 6.43. The van der Waals surface area contributed by atoms with Crippen molar-refractivity contribution in [3.05, 3.63) is 96.1 Å². The second kappa shape index (κ2) is 9.92. The minimum Gasteiger partial charge on any atom is -0.343 e. The number of hydrogen-bond donors (Lipinski definition) is 0. The van der Waals surface area contributed by atoms with E-state index in [1.165, 1.54) is 39.7 Å². The summed E-state index contributed by atoms with van der Waals surface area (Å²) in [5, 5.41) is 1.30. The first-order valence-electron chi connectivity index (χ1n) is 11.9. The van der Waals surface area contributed by atoms with Crippen LogP contribution in [-0.2, 0) is 12.5 Å². The molecule has 162 valence electrons. The number of aromatic nitrogens is 1. The third-order valence-electron chi connectivity index (χ3n) is 6.43. The Morgan fingerprint density at radius 1 is 0.781 bits per heavy atom. The van der Waals surface area contributed by atoms with E-state index in [1.807, 2.05) is 0 Å². The maximum atomic E-state index is 3.85. The van der Waals surface area contributed by atoms with Crippen LogP contribution in [0.5, 0.6) is 0 Å². The summed E-state index contributed by atoms with van der Waals surface area (Å²) in [4.78, 5) is 0. The highest BCUT2D eigenvalue weighted by Gasteiger charge is 2.37. The van der Waals surface area contributed by atoms with Crippen molar-refractivity contribution < 1.29 is 0 Å². The lowest BCUT2D eigenvalue weighted by Crippen LogP contribution is -2.27. The molecule has 1 aromatic heterocycles. The van der Waals surface area contributed by atoms with Crippen molar-refractivity contribution >= 4 is 10.9 Å². The zero-order chi connectivity index (χ0) is 22.4. The van der Waals surface area contributed by atoms with Gasteiger partial charge in [0.05, 0.1) is 11.1 Å². The van der Waals surface area contributed by atoms with E-state index in [4.69, 9.17) is 0 Å². The summed E-state index contributed by atoms with van der Waals surface area (Å²) in [6.45, 7) is 4.51. The second-order valence-corrected chi connectivity index (χ2v) is 8.59. The van der Waals surface area contributed by atoms with Crippen LogP contribution in [0.3, 0.4) is 0 Å². The quantitative estimate of drug-likeness (QED) is 0.210. The first kappa shape index (κ1) is 22.0. The Bertz CT molecular complexity index is 1220. The highest BCUT2D eigenvalue weighted by atomic mass is 15.0. The monoisotopic (exact) mass is 419 g/mol. The van der Waals surface area contributed by atoms with Crippen molar-refractivity contribution in [2.45, 2.75) is 51.4 Å². The lowest BCUT2D eigenvalue weighted by Gasteiger charge is -2.31. The van der Waals surface area contributed by atoms with Gasteiger partial charge in [-0.15, -0.1) is 5.92 Å². The molecule has 0 amide bonds. The van der Waals surface area contributed by atoms with Crippen LogP contribution >= 0.6 is 0 Å². The van der Waals surface area contributed by atoms with Crippen LogP contribution in [0.2, 0.25) is 0 Å². The predicted octanol–water partition coefficient (Wildman–Crippen LogP) is 8.13. The SMILES string of the molecule is CCCCC#CC(CCC)(c1ccccc1)c1c(-c2ccccc2)n(C)c2ccccc12. The lowest BCUT2D eigenvalue weighted by molar-refractivity contribution is 0.592. The minimum atomic E-state index is -0.351. The number of benzene rings is 3. The number of fused-ring (bicyclic) bond motifs is 1. The van der Waals surface area contributed by atoms with Crippen molar-refractivity contribution in [2.24, 2.45) is 7.05 Å². The topological polar surface area (TPSA) is 4.93 Å². The van der Waals surface area contributed by atoms with Crippen molar-refractivity contribution in [3.63, 3.8) is 0 Å². The number of rotatable bonds is 7. The fourth-order valence-electron chi connectivity index (χ4n) is 4.95. The van der Waals surface area contributed by atoms with E-state index in [2.05, 4.69) is 122 Å². The number of hydrogen-bond acceptors (Lipinski definition) is 0. The fourth-order valence-corrected chi connectivity index (χ4v) is 4.95. The number of nitrogens with zero attached hydrogens (tertiary/aromatic N) is 1. The molecule has 1 nitrogen and oxygen atoms in total. The van der Waals surface area contributed by atoms with E-state index in [1.54, 1.807) is 0 Å². The molecule has 0 radical (unpaired) electrons. The van der Waals surface area contributed by atoms with Crippen LogP contribution in [0.25, 0.3) is 22.2 Å². The maximum absolute atomic E-state index is 3.85. The normalized spacial score (nSPS) is 12.8. The van der Waals surface area contributed by atoms with Crippen molar-refractivity contribution in [1.29, 1.82) is 0 Å². The first-order valence-corrected chi connectivity index (χ1v) is 11.9. The number of para-hydroxylation sites is 1. The van der Waals surface area contributed by atoms with Gasteiger partial charge < -0.3 is 4.57 Å². The molecular weight excluding hydrogens is 386 g/mol. The Morgan fingerprint density at radius 3 is 2.12 bits per heavy atom. The molecule has 32 heavy (non-hydrogen) atoms. The van der Waals surface area contributed by atoms with E-state index >= 15 is 0 Å². The zero-order valence-electron chi connectivity index (χ0n) is 19.6. The van der Waals surface area contributed by atoms with Gasteiger partial charge in [0.1, 0.15) is 0 Å². The van der Waals surface area contributed by atoms with Crippen molar-refractivity contribution in [1.82, 2.24) is 4.57 Å². The Balaban J connectivity index is 2.11. The zero-order valence-corrected chi connectivity index (χ0v) is 19.6. The van der Waals surface area contributed by atoms with Crippen LogP contribution < -0.4 is 0 Å².